The third kappa shape index (κ3) is 2.85. The van der Waals surface area contributed by atoms with Crippen LogP contribution in [0.3, 0.4) is 0 Å². The van der Waals surface area contributed by atoms with Crippen LogP contribution in [-0.4, -0.2) is 6.04 Å². The number of aryl methyl sites for hydroxylation is 1. The van der Waals surface area contributed by atoms with Gasteiger partial charge >= 0.3 is 0 Å². The quantitative estimate of drug-likeness (QED) is 0.770. The predicted octanol–water partition coefficient (Wildman–Crippen LogP) is 3.19. The summed E-state index contributed by atoms with van der Waals surface area (Å²) in [5, 5.41) is 3.52. The first-order valence-electron chi connectivity index (χ1n) is 5.43. The van der Waals surface area contributed by atoms with Crippen molar-refractivity contribution in [1.29, 1.82) is 0 Å². The molecule has 0 saturated heterocycles. The van der Waals surface area contributed by atoms with E-state index in [1.807, 2.05) is 0 Å². The molecule has 0 bridgehead atoms. The molecule has 1 heteroatoms. The van der Waals surface area contributed by atoms with Crippen molar-refractivity contribution in [1.82, 2.24) is 5.32 Å². The van der Waals surface area contributed by atoms with Crippen molar-refractivity contribution in [2.45, 2.75) is 46.7 Å². The van der Waals surface area contributed by atoms with E-state index in [0.29, 0.717) is 6.04 Å². The van der Waals surface area contributed by atoms with E-state index in [-0.39, 0.29) is 0 Å². The molecule has 0 fully saturated rings. The maximum Gasteiger partial charge on any atom is 0.0210 e. The molecule has 1 aromatic rings. The minimum absolute atomic E-state index is 0.606. The number of hydrogen-bond acceptors (Lipinski definition) is 1. The Bertz CT molecular complexity index is 291. The van der Waals surface area contributed by atoms with Crippen molar-refractivity contribution in [3.8, 4) is 0 Å². The second-order valence-corrected chi connectivity index (χ2v) is 4.05. The Morgan fingerprint density at radius 1 is 1.29 bits per heavy atom. The van der Waals surface area contributed by atoms with Gasteiger partial charge in [0, 0.05) is 12.6 Å². The Kier molecular flexibility index (Phi) is 4.15. The molecule has 78 valence electrons. The zero-order valence-electron chi connectivity index (χ0n) is 9.72. The SMILES string of the molecule is CCC(C)NCc1cccc(C)c1C. The summed E-state index contributed by atoms with van der Waals surface area (Å²) < 4.78 is 0. The van der Waals surface area contributed by atoms with Gasteiger partial charge in [0.05, 0.1) is 0 Å². The molecule has 14 heavy (non-hydrogen) atoms. The number of hydrogen-bond donors (Lipinski definition) is 1. The number of benzene rings is 1. The van der Waals surface area contributed by atoms with E-state index >= 15 is 0 Å². The van der Waals surface area contributed by atoms with Crippen molar-refractivity contribution in [3.63, 3.8) is 0 Å². The number of nitrogens with one attached hydrogen (secondary N) is 1. The highest BCUT2D eigenvalue weighted by molar-refractivity contribution is 5.32. The van der Waals surface area contributed by atoms with Gasteiger partial charge in [-0.2, -0.15) is 0 Å². The minimum Gasteiger partial charge on any atom is -0.310 e. The molecule has 0 aromatic heterocycles. The lowest BCUT2D eigenvalue weighted by atomic mass is 10.0. The van der Waals surface area contributed by atoms with Crippen LogP contribution in [0.2, 0.25) is 0 Å². The van der Waals surface area contributed by atoms with Crippen LogP contribution in [0.5, 0.6) is 0 Å². The van der Waals surface area contributed by atoms with Crippen molar-refractivity contribution in [2.24, 2.45) is 0 Å². The van der Waals surface area contributed by atoms with Gasteiger partial charge in [0.25, 0.3) is 0 Å². The van der Waals surface area contributed by atoms with E-state index in [2.05, 4.69) is 51.2 Å². The van der Waals surface area contributed by atoms with Gasteiger partial charge in [-0.1, -0.05) is 25.1 Å². The molecule has 0 amide bonds. The van der Waals surface area contributed by atoms with E-state index in [1.54, 1.807) is 0 Å². The first-order valence-corrected chi connectivity index (χ1v) is 5.43. The van der Waals surface area contributed by atoms with Crippen molar-refractivity contribution in [2.75, 3.05) is 0 Å². The zero-order chi connectivity index (χ0) is 10.6. The van der Waals surface area contributed by atoms with Gasteiger partial charge in [-0.15, -0.1) is 0 Å². The molecule has 1 unspecified atom stereocenters. The lowest BCUT2D eigenvalue weighted by Crippen LogP contribution is -2.24. The third-order valence-electron chi connectivity index (χ3n) is 2.97. The second kappa shape index (κ2) is 5.16. The van der Waals surface area contributed by atoms with Gasteiger partial charge in [0.1, 0.15) is 0 Å². The zero-order valence-corrected chi connectivity index (χ0v) is 9.72. The maximum atomic E-state index is 3.52. The molecule has 1 atom stereocenters. The van der Waals surface area contributed by atoms with Crippen molar-refractivity contribution < 1.29 is 0 Å². The third-order valence-corrected chi connectivity index (χ3v) is 2.97. The molecule has 0 saturated carbocycles. The predicted molar refractivity (Wildman–Crippen MR) is 62.5 cm³/mol. The highest BCUT2D eigenvalue weighted by Crippen LogP contribution is 2.12. The van der Waals surface area contributed by atoms with Crippen LogP contribution in [0.15, 0.2) is 18.2 Å². The van der Waals surface area contributed by atoms with Crippen LogP contribution in [0.4, 0.5) is 0 Å². The lowest BCUT2D eigenvalue weighted by molar-refractivity contribution is 0.533. The molecule has 0 aliphatic carbocycles. The van der Waals surface area contributed by atoms with E-state index in [1.165, 1.54) is 23.1 Å². The van der Waals surface area contributed by atoms with E-state index in [0.717, 1.165) is 6.54 Å². The molecule has 0 aliphatic rings. The Hall–Kier alpha value is -0.820. The van der Waals surface area contributed by atoms with Gasteiger partial charge in [0.15, 0.2) is 0 Å². The van der Waals surface area contributed by atoms with Gasteiger partial charge in [-0.05, 0) is 43.9 Å². The second-order valence-electron chi connectivity index (χ2n) is 4.05. The standard InChI is InChI=1S/C13H21N/c1-5-11(3)14-9-13-8-6-7-10(2)12(13)4/h6-8,11,14H,5,9H2,1-4H3. The normalized spacial score (nSPS) is 12.9. The highest BCUT2D eigenvalue weighted by Gasteiger charge is 2.02. The smallest absolute Gasteiger partial charge is 0.0210 e. The first kappa shape index (κ1) is 11.3. The Morgan fingerprint density at radius 2 is 2.00 bits per heavy atom. The van der Waals surface area contributed by atoms with Crippen LogP contribution in [0.1, 0.15) is 37.0 Å². The molecule has 0 heterocycles. The summed E-state index contributed by atoms with van der Waals surface area (Å²) >= 11 is 0. The molecule has 1 N–H and O–H groups in total. The van der Waals surface area contributed by atoms with Gasteiger partial charge in [-0.25, -0.2) is 0 Å². The fraction of sp³-hybridized carbons (Fsp3) is 0.538. The van der Waals surface area contributed by atoms with Crippen LogP contribution in [0.25, 0.3) is 0 Å². The summed E-state index contributed by atoms with van der Waals surface area (Å²) in [4.78, 5) is 0. The first-order chi connectivity index (χ1) is 6.65. The summed E-state index contributed by atoms with van der Waals surface area (Å²) in [6.07, 6.45) is 1.19. The largest absolute Gasteiger partial charge is 0.310 e. The van der Waals surface area contributed by atoms with E-state index in [9.17, 15) is 0 Å². The Morgan fingerprint density at radius 3 is 2.64 bits per heavy atom. The molecule has 1 aromatic carbocycles. The van der Waals surface area contributed by atoms with Crippen LogP contribution >= 0.6 is 0 Å². The molecular weight excluding hydrogens is 170 g/mol. The Balaban J connectivity index is 2.63. The fourth-order valence-electron chi connectivity index (χ4n) is 1.43. The van der Waals surface area contributed by atoms with Gasteiger partial charge in [-0.3, -0.25) is 0 Å². The summed E-state index contributed by atoms with van der Waals surface area (Å²) in [6, 6.07) is 7.12. The van der Waals surface area contributed by atoms with Crippen LogP contribution in [0, 0.1) is 13.8 Å². The molecular formula is C13H21N. The lowest BCUT2D eigenvalue weighted by Gasteiger charge is -2.13. The van der Waals surface area contributed by atoms with Crippen molar-refractivity contribution in [3.05, 3.63) is 34.9 Å². The number of rotatable bonds is 4. The summed E-state index contributed by atoms with van der Waals surface area (Å²) in [5.41, 5.74) is 4.22. The van der Waals surface area contributed by atoms with E-state index in [4.69, 9.17) is 0 Å². The molecule has 1 nitrogen and oxygen atoms in total. The molecule has 0 radical (unpaired) electrons. The molecule has 0 aliphatic heterocycles. The highest BCUT2D eigenvalue weighted by atomic mass is 14.9. The van der Waals surface area contributed by atoms with Crippen LogP contribution in [-0.2, 0) is 6.54 Å². The monoisotopic (exact) mass is 191 g/mol. The van der Waals surface area contributed by atoms with Gasteiger partial charge in [0.2, 0.25) is 0 Å². The minimum atomic E-state index is 0.606. The maximum absolute atomic E-state index is 3.52. The Labute approximate surface area is 87.5 Å². The van der Waals surface area contributed by atoms with Crippen LogP contribution < -0.4 is 5.32 Å². The van der Waals surface area contributed by atoms with E-state index < -0.39 is 0 Å². The summed E-state index contributed by atoms with van der Waals surface area (Å²) in [7, 11) is 0. The summed E-state index contributed by atoms with van der Waals surface area (Å²) in [5.74, 6) is 0. The fourth-order valence-corrected chi connectivity index (χ4v) is 1.43. The average molecular weight is 191 g/mol. The topological polar surface area (TPSA) is 12.0 Å². The molecule has 1 rings (SSSR count). The molecule has 0 spiro atoms. The average Bonchev–Trinajstić information content (AvgIpc) is 2.20. The van der Waals surface area contributed by atoms with Crippen molar-refractivity contribution >= 4 is 0 Å². The summed E-state index contributed by atoms with van der Waals surface area (Å²) in [6.45, 7) is 9.79. The van der Waals surface area contributed by atoms with Gasteiger partial charge < -0.3 is 5.32 Å².